The van der Waals surface area contributed by atoms with Crippen LogP contribution in [0.5, 0.6) is 0 Å². The van der Waals surface area contributed by atoms with E-state index in [2.05, 4.69) is 21.2 Å². The minimum atomic E-state index is -3.49. The summed E-state index contributed by atoms with van der Waals surface area (Å²) in [5, 5.41) is 2.83. The minimum absolute atomic E-state index is 0.0305. The van der Waals surface area contributed by atoms with E-state index < -0.39 is 16.1 Å². The summed E-state index contributed by atoms with van der Waals surface area (Å²) < 4.78 is 27.3. The van der Waals surface area contributed by atoms with Crippen LogP contribution in [-0.4, -0.2) is 30.4 Å². The molecule has 0 aliphatic carbocycles. The van der Waals surface area contributed by atoms with E-state index in [1.807, 2.05) is 36.4 Å². The molecule has 0 bridgehead atoms. The van der Waals surface area contributed by atoms with Gasteiger partial charge in [-0.3, -0.25) is 4.79 Å². The van der Waals surface area contributed by atoms with Gasteiger partial charge in [-0.2, -0.15) is 4.31 Å². The van der Waals surface area contributed by atoms with Gasteiger partial charge in [-0.25, -0.2) is 8.42 Å². The second-order valence-electron chi connectivity index (χ2n) is 5.93. The summed E-state index contributed by atoms with van der Waals surface area (Å²) in [6, 6.07) is 14.1. The number of halogens is 1. The second kappa shape index (κ2) is 7.27. The number of amides is 1. The molecule has 0 unspecified atom stereocenters. The van der Waals surface area contributed by atoms with Crippen LogP contribution in [0.3, 0.4) is 0 Å². The van der Waals surface area contributed by atoms with E-state index in [1.54, 1.807) is 19.1 Å². The second-order valence-corrected chi connectivity index (χ2v) is 9.06. The van der Waals surface area contributed by atoms with Crippen LogP contribution in [0.2, 0.25) is 0 Å². The van der Waals surface area contributed by atoms with E-state index in [4.69, 9.17) is 0 Å². The predicted molar refractivity (Wildman–Crippen MR) is 102 cm³/mol. The number of benzene rings is 2. The summed E-state index contributed by atoms with van der Waals surface area (Å²) in [6.07, 6.45) is 0.373. The summed E-state index contributed by atoms with van der Waals surface area (Å²) in [6.45, 7) is 1.82. The Morgan fingerprint density at radius 1 is 1.16 bits per heavy atom. The van der Waals surface area contributed by atoms with Crippen molar-refractivity contribution in [2.75, 3.05) is 11.1 Å². The Hall–Kier alpha value is -1.70. The first kappa shape index (κ1) is 18.1. The smallest absolute Gasteiger partial charge is 0.243 e. The maximum absolute atomic E-state index is 12.8. The molecule has 1 atom stereocenters. The van der Waals surface area contributed by atoms with Crippen LogP contribution >= 0.6 is 15.9 Å². The third-order valence-corrected chi connectivity index (χ3v) is 6.70. The Balaban J connectivity index is 1.90. The van der Waals surface area contributed by atoms with Crippen molar-refractivity contribution in [3.8, 4) is 0 Å². The van der Waals surface area contributed by atoms with E-state index in [0.717, 1.165) is 15.6 Å². The molecule has 0 fully saturated rings. The molecule has 1 heterocycles. The van der Waals surface area contributed by atoms with E-state index in [9.17, 15) is 13.2 Å². The first-order valence-electron chi connectivity index (χ1n) is 8.03. The van der Waals surface area contributed by atoms with Gasteiger partial charge in [-0.1, -0.05) is 40.2 Å². The van der Waals surface area contributed by atoms with Gasteiger partial charge in [0.05, 0.1) is 5.75 Å². The van der Waals surface area contributed by atoms with Gasteiger partial charge in [-0.15, -0.1) is 0 Å². The Morgan fingerprint density at radius 2 is 1.80 bits per heavy atom. The largest absolute Gasteiger partial charge is 0.325 e. The molecule has 1 N–H and O–H groups in total. The molecular formula is C18H19BrN2O3S. The van der Waals surface area contributed by atoms with E-state index >= 15 is 0 Å². The first-order chi connectivity index (χ1) is 11.9. The summed E-state index contributed by atoms with van der Waals surface area (Å²) in [5.41, 5.74) is 2.61. The summed E-state index contributed by atoms with van der Waals surface area (Å²) >= 11 is 3.35. The van der Waals surface area contributed by atoms with Gasteiger partial charge in [0.25, 0.3) is 0 Å². The molecule has 0 spiro atoms. The number of carbonyl (C=O) groups excluding carboxylic acids is 1. The zero-order valence-corrected chi connectivity index (χ0v) is 16.2. The van der Waals surface area contributed by atoms with Gasteiger partial charge in [0.15, 0.2) is 0 Å². The summed E-state index contributed by atoms with van der Waals surface area (Å²) in [7, 11) is -3.49. The Morgan fingerprint density at radius 3 is 2.44 bits per heavy atom. The lowest BCUT2D eigenvalue weighted by Crippen LogP contribution is -2.51. The first-order valence-corrected chi connectivity index (χ1v) is 10.4. The predicted octanol–water partition coefficient (Wildman–Crippen LogP) is 3.16. The Bertz CT molecular complexity index is 881. The number of anilines is 1. The van der Waals surface area contributed by atoms with Crippen molar-refractivity contribution in [1.29, 1.82) is 0 Å². The molecule has 0 saturated carbocycles. The average molecular weight is 423 g/mol. The minimum Gasteiger partial charge on any atom is -0.325 e. The molecule has 0 radical (unpaired) electrons. The zero-order chi connectivity index (χ0) is 18.0. The van der Waals surface area contributed by atoms with Crippen molar-refractivity contribution in [1.82, 2.24) is 4.31 Å². The van der Waals surface area contributed by atoms with Crippen molar-refractivity contribution >= 4 is 37.5 Å². The van der Waals surface area contributed by atoms with Gasteiger partial charge in [0, 0.05) is 16.7 Å². The van der Waals surface area contributed by atoms with Crippen LogP contribution in [0.25, 0.3) is 0 Å². The number of hydrogen-bond donors (Lipinski definition) is 1. The molecule has 1 amide bonds. The van der Waals surface area contributed by atoms with Gasteiger partial charge in [0.2, 0.25) is 15.9 Å². The standard InChI is InChI=1S/C18H19BrN2O3S/c1-2-25(23,24)21-12-14-6-4-3-5-13(14)11-17(21)18(22)20-16-9-7-15(19)8-10-16/h3-10,17H,2,11-12H2,1H3,(H,20,22)/t17-/m1/s1. The molecule has 3 rings (SSSR count). The number of rotatable bonds is 4. The maximum atomic E-state index is 12.8. The molecule has 0 aromatic heterocycles. The SMILES string of the molecule is CCS(=O)(=O)N1Cc2ccccc2C[C@@H]1C(=O)Nc1ccc(Br)cc1. The van der Waals surface area contributed by atoms with Crippen molar-refractivity contribution < 1.29 is 13.2 Å². The average Bonchev–Trinajstić information content (AvgIpc) is 2.62. The highest BCUT2D eigenvalue weighted by atomic mass is 79.9. The lowest BCUT2D eigenvalue weighted by atomic mass is 9.95. The number of nitrogens with zero attached hydrogens (tertiary/aromatic N) is 1. The molecule has 132 valence electrons. The molecule has 2 aromatic rings. The van der Waals surface area contributed by atoms with Crippen molar-refractivity contribution in [2.45, 2.75) is 25.9 Å². The Kier molecular flexibility index (Phi) is 5.27. The summed E-state index contributed by atoms with van der Waals surface area (Å²) in [5.74, 6) is -0.342. The quantitative estimate of drug-likeness (QED) is 0.822. The van der Waals surface area contributed by atoms with Crippen molar-refractivity contribution in [3.05, 3.63) is 64.1 Å². The molecule has 1 aliphatic heterocycles. The summed E-state index contributed by atoms with van der Waals surface area (Å²) in [4.78, 5) is 12.8. The number of sulfonamides is 1. The van der Waals surface area contributed by atoms with Crippen LogP contribution in [-0.2, 0) is 27.8 Å². The van der Waals surface area contributed by atoms with Gasteiger partial charge < -0.3 is 5.32 Å². The molecule has 5 nitrogen and oxygen atoms in total. The fourth-order valence-electron chi connectivity index (χ4n) is 2.94. The zero-order valence-electron chi connectivity index (χ0n) is 13.8. The van der Waals surface area contributed by atoms with Crippen LogP contribution in [0.15, 0.2) is 53.0 Å². The van der Waals surface area contributed by atoms with E-state index in [-0.39, 0.29) is 18.2 Å². The maximum Gasteiger partial charge on any atom is 0.243 e. The number of fused-ring (bicyclic) bond motifs is 1. The monoisotopic (exact) mass is 422 g/mol. The van der Waals surface area contributed by atoms with Gasteiger partial charge in [0.1, 0.15) is 6.04 Å². The lowest BCUT2D eigenvalue weighted by Gasteiger charge is -2.34. The van der Waals surface area contributed by atoms with Crippen molar-refractivity contribution in [2.24, 2.45) is 0 Å². The fourth-order valence-corrected chi connectivity index (χ4v) is 4.43. The Labute approximate surface area is 156 Å². The molecule has 7 heteroatoms. The highest BCUT2D eigenvalue weighted by Gasteiger charge is 2.37. The highest BCUT2D eigenvalue weighted by molar-refractivity contribution is 9.10. The van der Waals surface area contributed by atoms with Gasteiger partial charge >= 0.3 is 0 Å². The van der Waals surface area contributed by atoms with E-state index in [0.29, 0.717) is 12.1 Å². The number of carbonyl (C=O) groups is 1. The number of nitrogens with one attached hydrogen (secondary N) is 1. The normalized spacial score (nSPS) is 17.8. The topological polar surface area (TPSA) is 66.5 Å². The van der Waals surface area contributed by atoms with Gasteiger partial charge in [-0.05, 0) is 48.7 Å². The van der Waals surface area contributed by atoms with Crippen LogP contribution in [0.4, 0.5) is 5.69 Å². The van der Waals surface area contributed by atoms with Crippen molar-refractivity contribution in [3.63, 3.8) is 0 Å². The molecule has 1 aliphatic rings. The fraction of sp³-hybridized carbons (Fsp3) is 0.278. The lowest BCUT2D eigenvalue weighted by molar-refractivity contribution is -0.120. The molecule has 0 saturated heterocycles. The van der Waals surface area contributed by atoms with E-state index in [1.165, 1.54) is 4.31 Å². The third-order valence-electron chi connectivity index (χ3n) is 4.34. The molecule has 25 heavy (non-hydrogen) atoms. The molecular weight excluding hydrogens is 404 g/mol. The van der Waals surface area contributed by atoms with Crippen LogP contribution in [0.1, 0.15) is 18.1 Å². The van der Waals surface area contributed by atoms with Crippen LogP contribution < -0.4 is 5.32 Å². The number of hydrogen-bond acceptors (Lipinski definition) is 3. The van der Waals surface area contributed by atoms with Crippen LogP contribution in [0, 0.1) is 0 Å². The highest BCUT2D eigenvalue weighted by Crippen LogP contribution is 2.27. The molecule has 2 aromatic carbocycles. The third kappa shape index (κ3) is 3.94.